The molecule has 0 spiro atoms. The number of aromatic nitrogens is 2. The van der Waals surface area contributed by atoms with Crippen molar-refractivity contribution in [1.82, 2.24) is 9.97 Å². The third-order valence-electron chi connectivity index (χ3n) is 1.76. The molecule has 2 heterocycles. The maximum absolute atomic E-state index is 11.0. The van der Waals surface area contributed by atoms with E-state index < -0.39 is 17.9 Å². The Bertz CT molecular complexity index is 317. The van der Waals surface area contributed by atoms with Gasteiger partial charge in [0.15, 0.2) is 0 Å². The van der Waals surface area contributed by atoms with E-state index in [1.807, 2.05) is 0 Å². The fourth-order valence-electron chi connectivity index (χ4n) is 1.17. The van der Waals surface area contributed by atoms with Crippen molar-refractivity contribution in [2.24, 2.45) is 0 Å². The van der Waals surface area contributed by atoms with Gasteiger partial charge in [-0.2, -0.15) is 0 Å². The summed E-state index contributed by atoms with van der Waals surface area (Å²) in [5, 5.41) is 0. The molecule has 0 bridgehead atoms. The molecule has 1 atom stereocenters. The Hall–Kier alpha value is -1.65. The Kier molecular flexibility index (Phi) is 1.43. The standard InChI is InChI=1S/C7H6N2O3/c10-6-1-4(7(11)12-6)5-2-8-3-9-5/h2-4H,1H2,(H,8,9). The number of carbonyl (C=O) groups is 2. The Morgan fingerprint density at radius 3 is 2.92 bits per heavy atom. The number of hydrogen-bond acceptors (Lipinski definition) is 4. The molecule has 0 aliphatic carbocycles. The molecule has 0 radical (unpaired) electrons. The number of imidazole rings is 1. The van der Waals surface area contributed by atoms with Gasteiger partial charge in [0, 0.05) is 11.9 Å². The van der Waals surface area contributed by atoms with E-state index in [9.17, 15) is 9.59 Å². The topological polar surface area (TPSA) is 72.0 Å². The van der Waals surface area contributed by atoms with E-state index in [1.165, 1.54) is 12.5 Å². The van der Waals surface area contributed by atoms with Gasteiger partial charge in [-0.1, -0.05) is 0 Å². The molecular weight excluding hydrogens is 160 g/mol. The van der Waals surface area contributed by atoms with Crippen LogP contribution in [0.25, 0.3) is 0 Å². The van der Waals surface area contributed by atoms with Crippen LogP contribution in [0, 0.1) is 0 Å². The van der Waals surface area contributed by atoms with Crippen LogP contribution in [0.2, 0.25) is 0 Å². The van der Waals surface area contributed by atoms with Crippen LogP contribution in [0.3, 0.4) is 0 Å². The number of H-pyrrole nitrogens is 1. The first kappa shape index (κ1) is 7.02. The molecule has 1 N–H and O–H groups in total. The summed E-state index contributed by atoms with van der Waals surface area (Å²) in [4.78, 5) is 28.2. The summed E-state index contributed by atoms with van der Waals surface area (Å²) in [5.74, 6) is -1.45. The second-order valence-electron chi connectivity index (χ2n) is 2.56. The van der Waals surface area contributed by atoms with E-state index in [0.717, 1.165) is 0 Å². The molecule has 5 heteroatoms. The number of carbonyl (C=O) groups excluding carboxylic acids is 2. The second kappa shape index (κ2) is 2.44. The summed E-state index contributed by atoms with van der Waals surface area (Å²) >= 11 is 0. The van der Waals surface area contributed by atoms with Crippen molar-refractivity contribution in [3.63, 3.8) is 0 Å². The maximum atomic E-state index is 11.0. The molecule has 1 aromatic heterocycles. The van der Waals surface area contributed by atoms with Crippen LogP contribution >= 0.6 is 0 Å². The predicted molar refractivity (Wildman–Crippen MR) is 37.0 cm³/mol. The highest BCUT2D eigenvalue weighted by Gasteiger charge is 2.35. The van der Waals surface area contributed by atoms with Gasteiger partial charge in [0.05, 0.1) is 12.7 Å². The van der Waals surface area contributed by atoms with E-state index in [2.05, 4.69) is 14.7 Å². The van der Waals surface area contributed by atoms with Crippen molar-refractivity contribution in [1.29, 1.82) is 0 Å². The van der Waals surface area contributed by atoms with Crippen LogP contribution in [0.4, 0.5) is 0 Å². The van der Waals surface area contributed by atoms with Crippen molar-refractivity contribution in [3.8, 4) is 0 Å². The zero-order chi connectivity index (χ0) is 8.55. The molecule has 2 rings (SSSR count). The number of nitrogens with one attached hydrogen (secondary N) is 1. The first-order valence-electron chi connectivity index (χ1n) is 3.50. The van der Waals surface area contributed by atoms with Crippen LogP contribution in [0.1, 0.15) is 18.0 Å². The monoisotopic (exact) mass is 166 g/mol. The Balaban J connectivity index is 2.26. The average Bonchev–Trinajstić information content (AvgIpc) is 2.58. The van der Waals surface area contributed by atoms with Crippen molar-refractivity contribution in [2.45, 2.75) is 12.3 Å². The van der Waals surface area contributed by atoms with Crippen LogP contribution < -0.4 is 0 Å². The largest absolute Gasteiger partial charge is 0.393 e. The highest BCUT2D eigenvalue weighted by Crippen LogP contribution is 2.24. The molecule has 1 unspecified atom stereocenters. The molecule has 5 nitrogen and oxygen atoms in total. The van der Waals surface area contributed by atoms with Crippen LogP contribution in [0.5, 0.6) is 0 Å². The van der Waals surface area contributed by atoms with Gasteiger partial charge in [-0.25, -0.2) is 4.98 Å². The van der Waals surface area contributed by atoms with Crippen molar-refractivity contribution < 1.29 is 14.3 Å². The normalized spacial score (nSPS) is 22.8. The number of cyclic esters (lactones) is 2. The van der Waals surface area contributed by atoms with Gasteiger partial charge in [-0.3, -0.25) is 9.59 Å². The van der Waals surface area contributed by atoms with Gasteiger partial charge in [-0.15, -0.1) is 0 Å². The number of ether oxygens (including phenoxy) is 1. The molecular formula is C7H6N2O3. The molecule has 1 aliphatic heterocycles. The van der Waals surface area contributed by atoms with Gasteiger partial charge >= 0.3 is 11.9 Å². The van der Waals surface area contributed by atoms with E-state index in [-0.39, 0.29) is 6.42 Å². The quantitative estimate of drug-likeness (QED) is 0.469. The zero-order valence-electron chi connectivity index (χ0n) is 6.11. The Morgan fingerprint density at radius 2 is 2.42 bits per heavy atom. The van der Waals surface area contributed by atoms with Crippen molar-refractivity contribution in [2.75, 3.05) is 0 Å². The Morgan fingerprint density at radius 1 is 1.58 bits per heavy atom. The second-order valence-corrected chi connectivity index (χ2v) is 2.56. The minimum absolute atomic E-state index is 0.112. The van der Waals surface area contributed by atoms with Gasteiger partial charge in [-0.05, 0) is 0 Å². The first-order chi connectivity index (χ1) is 5.77. The maximum Gasteiger partial charge on any atom is 0.323 e. The third-order valence-corrected chi connectivity index (χ3v) is 1.76. The number of esters is 2. The number of nitrogens with zero attached hydrogens (tertiary/aromatic N) is 1. The van der Waals surface area contributed by atoms with Gasteiger partial charge in [0.2, 0.25) is 0 Å². The molecule has 1 aliphatic rings. The molecule has 1 aromatic rings. The van der Waals surface area contributed by atoms with E-state index in [1.54, 1.807) is 0 Å². The summed E-state index contributed by atoms with van der Waals surface area (Å²) in [6.07, 6.45) is 3.09. The zero-order valence-corrected chi connectivity index (χ0v) is 6.11. The third kappa shape index (κ3) is 0.990. The lowest BCUT2D eigenvalue weighted by Crippen LogP contribution is -2.05. The number of hydrogen-bond donors (Lipinski definition) is 1. The number of aromatic amines is 1. The molecule has 0 amide bonds. The van der Waals surface area contributed by atoms with E-state index in [0.29, 0.717) is 5.69 Å². The minimum atomic E-state index is -0.496. The Labute approximate surface area is 67.8 Å². The summed E-state index contributed by atoms with van der Waals surface area (Å²) < 4.78 is 4.37. The SMILES string of the molecule is O=C1CC(c2cnc[nH]2)C(=O)O1. The van der Waals surface area contributed by atoms with Crippen LogP contribution in [-0.2, 0) is 14.3 Å². The van der Waals surface area contributed by atoms with E-state index >= 15 is 0 Å². The lowest BCUT2D eigenvalue weighted by molar-refractivity contribution is -0.152. The minimum Gasteiger partial charge on any atom is -0.393 e. The lowest BCUT2D eigenvalue weighted by Gasteiger charge is -1.97. The number of rotatable bonds is 1. The highest BCUT2D eigenvalue weighted by atomic mass is 16.6. The molecule has 1 fully saturated rings. The predicted octanol–water partition coefficient (Wildman–Crippen LogP) is -0.0332. The van der Waals surface area contributed by atoms with Gasteiger partial charge in [0.25, 0.3) is 0 Å². The summed E-state index contributed by atoms with van der Waals surface area (Å²) in [6, 6.07) is 0. The fourth-order valence-corrected chi connectivity index (χ4v) is 1.17. The molecule has 1 saturated heterocycles. The summed E-state index contributed by atoms with van der Waals surface area (Å²) in [5.41, 5.74) is 0.630. The molecule has 0 aromatic carbocycles. The summed E-state index contributed by atoms with van der Waals surface area (Å²) in [6.45, 7) is 0. The first-order valence-corrected chi connectivity index (χ1v) is 3.50. The molecule has 12 heavy (non-hydrogen) atoms. The lowest BCUT2D eigenvalue weighted by atomic mass is 10.1. The van der Waals surface area contributed by atoms with Crippen molar-refractivity contribution >= 4 is 11.9 Å². The molecule has 62 valence electrons. The average molecular weight is 166 g/mol. The fraction of sp³-hybridized carbons (Fsp3) is 0.286. The summed E-state index contributed by atoms with van der Waals surface area (Å²) in [7, 11) is 0. The highest BCUT2D eigenvalue weighted by molar-refractivity contribution is 5.97. The smallest absolute Gasteiger partial charge is 0.323 e. The van der Waals surface area contributed by atoms with Crippen molar-refractivity contribution in [3.05, 3.63) is 18.2 Å². The van der Waals surface area contributed by atoms with E-state index in [4.69, 9.17) is 0 Å². The molecule has 0 saturated carbocycles. The van der Waals surface area contributed by atoms with Crippen LogP contribution in [-0.4, -0.2) is 21.9 Å². The van der Waals surface area contributed by atoms with Gasteiger partial charge in [0.1, 0.15) is 5.92 Å². The van der Waals surface area contributed by atoms with Crippen LogP contribution in [0.15, 0.2) is 12.5 Å². The van der Waals surface area contributed by atoms with Gasteiger partial charge < -0.3 is 9.72 Å².